The zero-order valence-corrected chi connectivity index (χ0v) is 16.1. The quantitative estimate of drug-likeness (QED) is 0.841. The van der Waals surface area contributed by atoms with Crippen LogP contribution >= 0.6 is 12.4 Å². The van der Waals surface area contributed by atoms with E-state index in [0.29, 0.717) is 24.9 Å². The van der Waals surface area contributed by atoms with Gasteiger partial charge in [-0.15, -0.1) is 12.4 Å². The fourth-order valence-corrected chi connectivity index (χ4v) is 3.61. The van der Waals surface area contributed by atoms with Gasteiger partial charge in [-0.1, -0.05) is 17.3 Å². The molecule has 0 aliphatic carbocycles. The molecule has 2 fully saturated rings. The molecule has 1 aromatic heterocycles. The highest BCUT2D eigenvalue weighted by molar-refractivity contribution is 5.85. The fraction of sp³-hybridized carbons (Fsp3) is 0.556. The Labute approximate surface area is 164 Å². The highest BCUT2D eigenvalue weighted by Gasteiger charge is 2.32. The average Bonchev–Trinajstić information content (AvgIpc) is 3.13. The third-order valence-corrected chi connectivity index (χ3v) is 5.08. The number of hydrogen-bond acceptors (Lipinski definition) is 7. The fourth-order valence-electron chi connectivity index (χ4n) is 3.61. The molecule has 2 aliphatic rings. The van der Waals surface area contributed by atoms with Crippen LogP contribution in [-0.4, -0.2) is 72.9 Å². The van der Waals surface area contributed by atoms with Gasteiger partial charge in [-0.25, -0.2) is 4.39 Å². The Morgan fingerprint density at radius 1 is 1.26 bits per heavy atom. The van der Waals surface area contributed by atoms with Gasteiger partial charge in [0.2, 0.25) is 5.89 Å². The van der Waals surface area contributed by atoms with Crippen LogP contribution in [-0.2, 0) is 4.74 Å². The molecule has 2 aromatic rings. The Hall–Kier alpha value is -1.58. The van der Waals surface area contributed by atoms with E-state index in [2.05, 4.69) is 27.3 Å². The molecule has 3 heterocycles. The third-order valence-electron chi connectivity index (χ3n) is 5.08. The number of ether oxygens (including phenoxy) is 1. The summed E-state index contributed by atoms with van der Waals surface area (Å²) in [6, 6.07) is 6.42. The highest BCUT2D eigenvalue weighted by Crippen LogP contribution is 2.30. The van der Waals surface area contributed by atoms with Gasteiger partial charge in [-0.3, -0.25) is 9.80 Å². The molecule has 148 valence electrons. The molecule has 1 aromatic carbocycles. The van der Waals surface area contributed by atoms with Crippen molar-refractivity contribution in [2.45, 2.75) is 12.1 Å². The van der Waals surface area contributed by atoms with Crippen LogP contribution in [0.4, 0.5) is 4.39 Å². The number of nitrogens with one attached hydrogen (secondary N) is 1. The van der Waals surface area contributed by atoms with Crippen LogP contribution in [0.3, 0.4) is 0 Å². The maximum Gasteiger partial charge on any atom is 0.248 e. The molecule has 1 N–H and O–H groups in total. The molecule has 7 nitrogen and oxygen atoms in total. The number of hydrogen-bond donors (Lipinski definition) is 1. The summed E-state index contributed by atoms with van der Waals surface area (Å²) < 4.78 is 25.0. The van der Waals surface area contributed by atoms with Crippen molar-refractivity contribution in [1.29, 1.82) is 0 Å². The summed E-state index contributed by atoms with van der Waals surface area (Å²) in [4.78, 5) is 9.13. The number of likely N-dealkylation sites (N-methyl/N-ethyl adjacent to an activating group) is 1. The van der Waals surface area contributed by atoms with E-state index in [-0.39, 0.29) is 30.3 Å². The van der Waals surface area contributed by atoms with Crippen LogP contribution in [0.2, 0.25) is 0 Å². The number of aromatic nitrogens is 2. The molecule has 0 radical (unpaired) electrons. The van der Waals surface area contributed by atoms with Gasteiger partial charge in [0, 0.05) is 32.7 Å². The second-order valence-corrected chi connectivity index (χ2v) is 6.80. The summed E-state index contributed by atoms with van der Waals surface area (Å²) in [6.07, 6.45) is 0. The smallest absolute Gasteiger partial charge is 0.248 e. The van der Waals surface area contributed by atoms with Gasteiger partial charge in [0.25, 0.3) is 0 Å². The number of halogens is 2. The lowest BCUT2D eigenvalue weighted by atomic mass is 10.0. The van der Waals surface area contributed by atoms with E-state index in [0.717, 1.165) is 38.3 Å². The minimum atomic E-state index is -0.267. The number of piperazine rings is 1. The molecule has 27 heavy (non-hydrogen) atoms. The van der Waals surface area contributed by atoms with Gasteiger partial charge in [-0.2, -0.15) is 4.98 Å². The van der Waals surface area contributed by atoms with Gasteiger partial charge in [0.1, 0.15) is 11.9 Å². The van der Waals surface area contributed by atoms with E-state index in [9.17, 15) is 4.39 Å². The molecular formula is C18H25ClFN5O2. The molecule has 0 saturated carbocycles. The monoisotopic (exact) mass is 397 g/mol. The van der Waals surface area contributed by atoms with Crippen molar-refractivity contribution in [3.8, 4) is 0 Å². The first-order valence-electron chi connectivity index (χ1n) is 9.04. The number of benzene rings is 1. The molecule has 2 aliphatic heterocycles. The average molecular weight is 398 g/mol. The van der Waals surface area contributed by atoms with Crippen LogP contribution < -0.4 is 5.32 Å². The van der Waals surface area contributed by atoms with Crippen molar-refractivity contribution in [3.05, 3.63) is 47.4 Å². The van der Waals surface area contributed by atoms with Gasteiger partial charge in [0.15, 0.2) is 5.82 Å². The van der Waals surface area contributed by atoms with Crippen molar-refractivity contribution in [2.24, 2.45) is 0 Å². The lowest BCUT2D eigenvalue weighted by molar-refractivity contribution is 0.0180. The van der Waals surface area contributed by atoms with Gasteiger partial charge < -0.3 is 14.6 Å². The third kappa shape index (κ3) is 4.47. The van der Waals surface area contributed by atoms with Crippen LogP contribution in [0.25, 0.3) is 0 Å². The minimum absolute atomic E-state index is 0. The molecule has 2 unspecified atom stereocenters. The minimum Gasteiger partial charge on any atom is -0.379 e. The van der Waals surface area contributed by atoms with Gasteiger partial charge in [0.05, 0.1) is 19.3 Å². The van der Waals surface area contributed by atoms with Crippen molar-refractivity contribution < 1.29 is 13.7 Å². The molecular weight excluding hydrogens is 373 g/mol. The predicted octanol–water partition coefficient (Wildman–Crippen LogP) is 1.63. The number of rotatable bonds is 4. The van der Waals surface area contributed by atoms with Gasteiger partial charge in [-0.05, 0) is 24.7 Å². The summed E-state index contributed by atoms with van der Waals surface area (Å²) in [5.41, 5.74) is 0.817. The number of morpholine rings is 1. The molecule has 0 spiro atoms. The van der Waals surface area contributed by atoms with Crippen LogP contribution in [0.5, 0.6) is 0 Å². The van der Waals surface area contributed by atoms with Crippen molar-refractivity contribution in [1.82, 2.24) is 25.3 Å². The zero-order valence-electron chi connectivity index (χ0n) is 15.3. The Morgan fingerprint density at radius 2 is 2.07 bits per heavy atom. The lowest BCUT2D eigenvalue weighted by Crippen LogP contribution is -2.44. The first kappa shape index (κ1) is 20.2. The van der Waals surface area contributed by atoms with Crippen LogP contribution in [0.1, 0.15) is 29.4 Å². The maximum absolute atomic E-state index is 13.8. The van der Waals surface area contributed by atoms with E-state index in [1.54, 1.807) is 6.07 Å². The lowest BCUT2D eigenvalue weighted by Gasteiger charge is -2.32. The van der Waals surface area contributed by atoms with Crippen LogP contribution in [0.15, 0.2) is 28.8 Å². The zero-order chi connectivity index (χ0) is 17.9. The maximum atomic E-state index is 13.8. The molecule has 2 saturated heterocycles. The van der Waals surface area contributed by atoms with E-state index in [4.69, 9.17) is 14.2 Å². The first-order valence-corrected chi connectivity index (χ1v) is 9.04. The SMILES string of the molecule is CN1CCNCC1c1noc(C(c2cccc(F)c2)N2CCOCC2)n1.Cl. The van der Waals surface area contributed by atoms with Crippen molar-refractivity contribution in [3.63, 3.8) is 0 Å². The van der Waals surface area contributed by atoms with E-state index < -0.39 is 0 Å². The molecule has 0 bridgehead atoms. The Balaban J connectivity index is 0.00000210. The summed E-state index contributed by atoms with van der Waals surface area (Å²) in [7, 11) is 2.06. The first-order chi connectivity index (χ1) is 12.7. The largest absolute Gasteiger partial charge is 0.379 e. The Morgan fingerprint density at radius 3 is 2.81 bits per heavy atom. The van der Waals surface area contributed by atoms with Crippen LogP contribution in [0, 0.1) is 5.82 Å². The predicted molar refractivity (Wildman–Crippen MR) is 100 cm³/mol. The molecule has 9 heteroatoms. The Kier molecular flexibility index (Phi) is 6.78. The highest BCUT2D eigenvalue weighted by atomic mass is 35.5. The summed E-state index contributed by atoms with van der Waals surface area (Å²) >= 11 is 0. The second-order valence-electron chi connectivity index (χ2n) is 6.80. The topological polar surface area (TPSA) is 66.7 Å². The Bertz CT molecular complexity index is 740. The van der Waals surface area contributed by atoms with Crippen molar-refractivity contribution >= 4 is 12.4 Å². The molecule has 2 atom stereocenters. The van der Waals surface area contributed by atoms with Crippen molar-refractivity contribution in [2.75, 3.05) is 53.0 Å². The van der Waals surface area contributed by atoms with E-state index in [1.165, 1.54) is 12.1 Å². The summed E-state index contributed by atoms with van der Waals surface area (Å²) in [5.74, 6) is 0.910. The normalized spacial score (nSPS) is 23.0. The van der Waals surface area contributed by atoms with E-state index >= 15 is 0 Å². The van der Waals surface area contributed by atoms with Gasteiger partial charge >= 0.3 is 0 Å². The number of nitrogens with zero attached hydrogens (tertiary/aromatic N) is 4. The van der Waals surface area contributed by atoms with E-state index in [1.807, 2.05) is 6.07 Å². The summed E-state index contributed by atoms with van der Waals surface area (Å²) in [5, 5.41) is 7.60. The molecule has 4 rings (SSSR count). The standard InChI is InChI=1S/C18H24FN5O2.ClH/c1-23-6-5-20-12-15(23)17-21-18(26-22-17)16(24-7-9-25-10-8-24)13-3-2-4-14(19)11-13;/h2-4,11,15-16,20H,5-10,12H2,1H3;1H. The molecule has 0 amide bonds. The second kappa shape index (κ2) is 9.07. The summed E-state index contributed by atoms with van der Waals surface area (Å²) in [6.45, 7) is 5.44.